The summed E-state index contributed by atoms with van der Waals surface area (Å²) >= 11 is 0. The van der Waals surface area contributed by atoms with Crippen molar-refractivity contribution in [2.45, 2.75) is 25.2 Å². The van der Waals surface area contributed by atoms with Crippen molar-refractivity contribution in [3.63, 3.8) is 0 Å². The van der Waals surface area contributed by atoms with E-state index in [1.165, 1.54) is 22.3 Å². The van der Waals surface area contributed by atoms with E-state index in [0.29, 0.717) is 12.5 Å². The zero-order chi connectivity index (χ0) is 18.8. The topological polar surface area (TPSA) is 66.8 Å². The molecule has 2 aliphatic rings. The Morgan fingerprint density at radius 1 is 1.00 bits per heavy atom. The van der Waals surface area contributed by atoms with Crippen LogP contribution in [0.25, 0.3) is 11.1 Å². The quantitative estimate of drug-likeness (QED) is 0.801. The minimum absolute atomic E-state index is 0.0172. The van der Waals surface area contributed by atoms with Crippen LogP contribution in [0, 0.1) is 5.92 Å². The lowest BCUT2D eigenvalue weighted by Gasteiger charge is -2.23. The van der Waals surface area contributed by atoms with Crippen molar-refractivity contribution in [1.29, 1.82) is 0 Å². The molecule has 5 heteroatoms. The zero-order valence-corrected chi connectivity index (χ0v) is 15.1. The lowest BCUT2D eigenvalue weighted by Crippen LogP contribution is -2.36. The third kappa shape index (κ3) is 3.82. The predicted octanol–water partition coefficient (Wildman–Crippen LogP) is 4.12. The van der Waals surface area contributed by atoms with Gasteiger partial charge in [-0.3, -0.25) is 4.79 Å². The summed E-state index contributed by atoms with van der Waals surface area (Å²) in [5, 5.41) is 8.94. The van der Waals surface area contributed by atoms with E-state index < -0.39 is 12.1 Å². The highest BCUT2D eigenvalue weighted by Crippen LogP contribution is 2.44. The Hall–Kier alpha value is -2.82. The number of carboxylic acids is 1. The van der Waals surface area contributed by atoms with Crippen molar-refractivity contribution in [2.75, 3.05) is 19.7 Å². The fourth-order valence-corrected chi connectivity index (χ4v) is 3.79. The Balaban J connectivity index is 1.47. The Kier molecular flexibility index (Phi) is 4.84. The summed E-state index contributed by atoms with van der Waals surface area (Å²) in [4.78, 5) is 25.1. The number of hydrogen-bond acceptors (Lipinski definition) is 3. The standard InChI is InChI=1S/C22H23NO4/c24-21(25)11-12-23(13-15-9-10-15)22(26)27-14-20-18-7-3-1-5-16(18)17-6-2-4-8-19(17)20/h1-8,15,20H,9-14H2,(H,24,25). The van der Waals surface area contributed by atoms with Gasteiger partial charge in [-0.2, -0.15) is 0 Å². The second-order valence-corrected chi connectivity index (χ2v) is 7.34. The van der Waals surface area contributed by atoms with Gasteiger partial charge in [-0.15, -0.1) is 0 Å². The van der Waals surface area contributed by atoms with E-state index in [-0.39, 0.29) is 25.5 Å². The molecule has 0 bridgehead atoms. The van der Waals surface area contributed by atoms with Gasteiger partial charge in [-0.1, -0.05) is 48.5 Å². The number of carbonyl (C=O) groups is 2. The molecule has 0 aromatic heterocycles. The number of benzene rings is 2. The lowest BCUT2D eigenvalue weighted by atomic mass is 9.98. The van der Waals surface area contributed by atoms with Crippen molar-refractivity contribution >= 4 is 12.1 Å². The molecule has 2 aromatic rings. The van der Waals surface area contributed by atoms with Gasteiger partial charge in [0.15, 0.2) is 0 Å². The van der Waals surface area contributed by atoms with Crippen LogP contribution in [-0.4, -0.2) is 41.8 Å². The fourth-order valence-electron chi connectivity index (χ4n) is 3.79. The average Bonchev–Trinajstić information content (AvgIpc) is 3.44. The first kappa shape index (κ1) is 17.6. The second kappa shape index (κ2) is 7.43. The molecule has 0 saturated heterocycles. The maximum Gasteiger partial charge on any atom is 0.409 e. The molecular weight excluding hydrogens is 342 g/mol. The van der Waals surface area contributed by atoms with Gasteiger partial charge in [0.25, 0.3) is 0 Å². The number of fused-ring (bicyclic) bond motifs is 3. The molecule has 0 unspecified atom stereocenters. The van der Waals surface area contributed by atoms with E-state index >= 15 is 0 Å². The molecule has 4 rings (SSSR count). The van der Waals surface area contributed by atoms with Crippen molar-refractivity contribution in [3.05, 3.63) is 59.7 Å². The Bertz CT molecular complexity index is 813. The minimum atomic E-state index is -0.901. The molecule has 0 spiro atoms. The molecule has 1 fully saturated rings. The molecule has 0 radical (unpaired) electrons. The van der Waals surface area contributed by atoms with E-state index in [0.717, 1.165) is 12.8 Å². The average molecular weight is 365 g/mol. The molecule has 1 saturated carbocycles. The van der Waals surface area contributed by atoms with Crippen LogP contribution in [0.2, 0.25) is 0 Å². The van der Waals surface area contributed by atoms with Gasteiger partial charge in [-0.05, 0) is 41.0 Å². The smallest absolute Gasteiger partial charge is 0.409 e. The highest BCUT2D eigenvalue weighted by molar-refractivity contribution is 5.79. The summed E-state index contributed by atoms with van der Waals surface area (Å²) in [6.07, 6.45) is 1.72. The van der Waals surface area contributed by atoms with E-state index in [1.807, 2.05) is 24.3 Å². The fraction of sp³-hybridized carbons (Fsp3) is 0.364. The van der Waals surface area contributed by atoms with Gasteiger partial charge >= 0.3 is 12.1 Å². The molecule has 1 amide bonds. The highest BCUT2D eigenvalue weighted by Gasteiger charge is 2.31. The third-order valence-corrected chi connectivity index (χ3v) is 5.37. The maximum absolute atomic E-state index is 12.6. The summed E-state index contributed by atoms with van der Waals surface area (Å²) in [5.41, 5.74) is 4.72. The van der Waals surface area contributed by atoms with Crippen LogP contribution >= 0.6 is 0 Å². The van der Waals surface area contributed by atoms with Crippen molar-refractivity contribution in [3.8, 4) is 11.1 Å². The first-order valence-corrected chi connectivity index (χ1v) is 9.45. The van der Waals surface area contributed by atoms with Crippen LogP contribution in [0.1, 0.15) is 36.3 Å². The first-order chi connectivity index (χ1) is 13.1. The molecule has 2 aliphatic carbocycles. The maximum atomic E-state index is 12.6. The first-order valence-electron chi connectivity index (χ1n) is 9.45. The van der Waals surface area contributed by atoms with E-state index in [2.05, 4.69) is 24.3 Å². The van der Waals surface area contributed by atoms with Gasteiger partial charge in [0.2, 0.25) is 0 Å². The summed E-state index contributed by atoms with van der Waals surface area (Å²) in [7, 11) is 0. The zero-order valence-electron chi connectivity index (χ0n) is 15.1. The number of aliphatic carboxylic acids is 1. The van der Waals surface area contributed by atoms with Gasteiger partial charge in [0.1, 0.15) is 6.61 Å². The Morgan fingerprint density at radius 3 is 2.15 bits per heavy atom. The molecular formula is C22H23NO4. The molecule has 2 aromatic carbocycles. The molecule has 1 N–H and O–H groups in total. The van der Waals surface area contributed by atoms with E-state index in [1.54, 1.807) is 4.90 Å². The number of ether oxygens (including phenoxy) is 1. The monoisotopic (exact) mass is 365 g/mol. The number of rotatable bonds is 7. The number of nitrogens with zero attached hydrogens (tertiary/aromatic N) is 1. The Morgan fingerprint density at radius 2 is 1.59 bits per heavy atom. The third-order valence-electron chi connectivity index (χ3n) is 5.37. The molecule has 0 aliphatic heterocycles. The molecule has 27 heavy (non-hydrogen) atoms. The van der Waals surface area contributed by atoms with Crippen LogP contribution in [0.4, 0.5) is 4.79 Å². The highest BCUT2D eigenvalue weighted by atomic mass is 16.6. The minimum Gasteiger partial charge on any atom is -0.481 e. The van der Waals surface area contributed by atoms with Crippen molar-refractivity contribution < 1.29 is 19.4 Å². The predicted molar refractivity (Wildman–Crippen MR) is 102 cm³/mol. The number of hydrogen-bond donors (Lipinski definition) is 1. The van der Waals surface area contributed by atoms with Crippen LogP contribution in [0.15, 0.2) is 48.5 Å². The lowest BCUT2D eigenvalue weighted by molar-refractivity contribution is -0.137. The van der Waals surface area contributed by atoms with E-state index in [4.69, 9.17) is 9.84 Å². The van der Waals surface area contributed by atoms with Gasteiger partial charge in [0.05, 0.1) is 6.42 Å². The molecule has 0 atom stereocenters. The van der Waals surface area contributed by atoms with Gasteiger partial charge in [0, 0.05) is 19.0 Å². The summed E-state index contributed by atoms with van der Waals surface area (Å²) in [5.74, 6) is -0.398. The number of carbonyl (C=O) groups excluding carboxylic acids is 1. The number of carboxylic acid groups (broad SMARTS) is 1. The van der Waals surface area contributed by atoms with Gasteiger partial charge in [-0.25, -0.2) is 4.79 Å². The van der Waals surface area contributed by atoms with Crippen LogP contribution < -0.4 is 0 Å². The van der Waals surface area contributed by atoms with E-state index in [9.17, 15) is 9.59 Å². The summed E-state index contributed by atoms with van der Waals surface area (Å²) < 4.78 is 5.66. The largest absolute Gasteiger partial charge is 0.481 e. The van der Waals surface area contributed by atoms with Crippen LogP contribution in [0.3, 0.4) is 0 Å². The second-order valence-electron chi connectivity index (χ2n) is 7.34. The van der Waals surface area contributed by atoms with Crippen molar-refractivity contribution in [2.24, 2.45) is 5.92 Å². The SMILES string of the molecule is O=C(O)CCN(CC1CC1)C(=O)OCC1c2ccccc2-c2ccccc21. The van der Waals surface area contributed by atoms with Crippen LogP contribution in [-0.2, 0) is 9.53 Å². The molecule has 0 heterocycles. The van der Waals surface area contributed by atoms with Gasteiger partial charge < -0.3 is 14.7 Å². The summed E-state index contributed by atoms with van der Waals surface area (Å²) in [6, 6.07) is 16.4. The molecule has 140 valence electrons. The van der Waals surface area contributed by atoms with Crippen molar-refractivity contribution in [1.82, 2.24) is 4.90 Å². The number of amides is 1. The Labute approximate surface area is 158 Å². The summed E-state index contributed by atoms with van der Waals surface area (Å²) in [6.45, 7) is 1.05. The van der Waals surface area contributed by atoms with Crippen LogP contribution in [0.5, 0.6) is 0 Å². The molecule has 5 nitrogen and oxygen atoms in total. The normalized spacial score (nSPS) is 15.1.